The molecule has 1 saturated carbocycles. The predicted octanol–water partition coefficient (Wildman–Crippen LogP) is 1.32. The van der Waals surface area contributed by atoms with Crippen LogP contribution in [0.1, 0.15) is 50.6 Å². The first kappa shape index (κ1) is 23.1. The number of primary amides is 1. The van der Waals surface area contributed by atoms with E-state index < -0.39 is 11.9 Å². The third-order valence-corrected chi connectivity index (χ3v) is 5.87. The molecule has 0 spiro atoms. The minimum Gasteiger partial charge on any atom is -0.478 e. The lowest BCUT2D eigenvalue weighted by molar-refractivity contribution is -0.118. The molecule has 1 aliphatic rings. The lowest BCUT2D eigenvalue weighted by Crippen LogP contribution is -2.38. The van der Waals surface area contributed by atoms with Crippen molar-refractivity contribution in [2.24, 2.45) is 22.5 Å². The number of carboxylic acids is 1. The number of rotatable bonds is 8. The Hall–Kier alpha value is -3.57. The van der Waals surface area contributed by atoms with Crippen LogP contribution in [0.25, 0.3) is 0 Å². The van der Waals surface area contributed by atoms with Crippen LogP contribution in [0.3, 0.4) is 0 Å². The van der Waals surface area contributed by atoms with Gasteiger partial charge >= 0.3 is 5.97 Å². The summed E-state index contributed by atoms with van der Waals surface area (Å²) in [6.07, 6.45) is 1.90. The van der Waals surface area contributed by atoms with Crippen LogP contribution < -0.4 is 27.7 Å². The van der Waals surface area contributed by atoms with Gasteiger partial charge in [-0.05, 0) is 60.2 Å². The molecule has 0 heterocycles. The van der Waals surface area contributed by atoms with Gasteiger partial charge in [-0.25, -0.2) is 10.6 Å². The highest BCUT2D eigenvalue weighted by Gasteiger charge is 2.29. The summed E-state index contributed by atoms with van der Waals surface area (Å²) in [5.74, 6) is 10.1. The highest BCUT2D eigenvalue weighted by Crippen LogP contribution is 2.44. The topological polar surface area (TPSA) is 177 Å². The van der Waals surface area contributed by atoms with Gasteiger partial charge in [-0.3, -0.25) is 14.6 Å². The van der Waals surface area contributed by atoms with E-state index >= 15 is 0 Å². The molecule has 0 atom stereocenters. The normalized spacial score (nSPS) is 13.5. The smallest absolute Gasteiger partial charge is 0.335 e. The van der Waals surface area contributed by atoms with E-state index in [-0.39, 0.29) is 34.9 Å². The molecule has 3 rings (SSSR count). The second-order valence-electron chi connectivity index (χ2n) is 7.26. The minimum absolute atomic E-state index is 0.00517. The second-order valence-corrected chi connectivity index (χ2v) is 8.21. The molecular weight excluding hydrogens is 432 g/mol. The van der Waals surface area contributed by atoms with E-state index in [0.29, 0.717) is 11.3 Å². The summed E-state index contributed by atoms with van der Waals surface area (Å²) in [6, 6.07) is 11.4. The molecule has 0 unspecified atom stereocenters. The molecule has 0 bridgehead atoms. The number of carbonyl (C=O) groups is 3. The Morgan fingerprint density at radius 3 is 2.53 bits per heavy atom. The summed E-state index contributed by atoms with van der Waals surface area (Å²) in [4.78, 5) is 34.8. The van der Waals surface area contributed by atoms with Gasteiger partial charge in [0.25, 0.3) is 0 Å². The summed E-state index contributed by atoms with van der Waals surface area (Å²) in [5.41, 5.74) is 7.96. The minimum atomic E-state index is -1.01. The number of hydrogen-bond donors (Lipinski definition) is 5. The summed E-state index contributed by atoms with van der Waals surface area (Å²) >= 11 is 1.05. The number of hydrazine groups is 1. The van der Waals surface area contributed by atoms with E-state index in [2.05, 4.69) is 10.4 Å². The molecule has 8 N–H and O–H groups in total. The van der Waals surface area contributed by atoms with Crippen LogP contribution in [0.5, 0.6) is 0 Å². The molecule has 1 aliphatic carbocycles. The summed E-state index contributed by atoms with van der Waals surface area (Å²) in [5, 5.41) is 17.2. The van der Waals surface area contributed by atoms with E-state index in [1.807, 2.05) is 0 Å². The SMILES string of the molecule is N/N=C(/SCC(=O)NCc1cccc(C(N)=O)c1)N(N)c1ccc(C(=O)O)cc1C1CC1. The van der Waals surface area contributed by atoms with Crippen molar-refractivity contribution in [2.75, 3.05) is 10.8 Å². The van der Waals surface area contributed by atoms with Crippen LogP contribution in [0.4, 0.5) is 5.69 Å². The fourth-order valence-corrected chi connectivity index (χ4v) is 3.79. The first-order valence-electron chi connectivity index (χ1n) is 9.78. The summed E-state index contributed by atoms with van der Waals surface area (Å²) in [6.45, 7) is 0.227. The van der Waals surface area contributed by atoms with Gasteiger partial charge in [-0.15, -0.1) is 0 Å². The highest BCUT2D eigenvalue weighted by molar-refractivity contribution is 8.14. The Labute approximate surface area is 188 Å². The van der Waals surface area contributed by atoms with Crippen LogP contribution in [0.2, 0.25) is 0 Å². The maximum absolute atomic E-state index is 12.3. The van der Waals surface area contributed by atoms with Crippen molar-refractivity contribution >= 4 is 40.4 Å². The second kappa shape index (κ2) is 10.2. The number of carbonyl (C=O) groups excluding carboxylic acids is 2. The molecule has 1 fully saturated rings. The van der Waals surface area contributed by atoms with Crippen LogP contribution in [-0.4, -0.2) is 33.8 Å². The number of nitrogens with zero attached hydrogens (tertiary/aromatic N) is 2. The van der Waals surface area contributed by atoms with Crippen molar-refractivity contribution in [1.82, 2.24) is 5.32 Å². The first-order valence-corrected chi connectivity index (χ1v) is 10.8. The van der Waals surface area contributed by atoms with Gasteiger partial charge < -0.3 is 22.0 Å². The van der Waals surface area contributed by atoms with Gasteiger partial charge in [-0.1, -0.05) is 23.9 Å². The van der Waals surface area contributed by atoms with Gasteiger partial charge in [0.15, 0.2) is 0 Å². The average Bonchev–Trinajstić information content (AvgIpc) is 3.63. The molecule has 11 heteroatoms. The first-order chi connectivity index (χ1) is 15.3. The molecule has 2 amide bonds. The number of anilines is 1. The Morgan fingerprint density at radius 1 is 1.16 bits per heavy atom. The van der Waals surface area contributed by atoms with Crippen molar-refractivity contribution in [3.8, 4) is 0 Å². The van der Waals surface area contributed by atoms with Crippen LogP contribution in [0.15, 0.2) is 47.6 Å². The van der Waals surface area contributed by atoms with E-state index in [9.17, 15) is 19.5 Å². The quantitative estimate of drug-likeness (QED) is 0.171. The number of aromatic carboxylic acids is 1. The fraction of sp³-hybridized carbons (Fsp3) is 0.238. The number of benzene rings is 2. The van der Waals surface area contributed by atoms with E-state index in [1.165, 1.54) is 11.1 Å². The largest absolute Gasteiger partial charge is 0.478 e. The fourth-order valence-electron chi connectivity index (χ4n) is 3.12. The van der Waals surface area contributed by atoms with Crippen molar-refractivity contribution in [1.29, 1.82) is 0 Å². The van der Waals surface area contributed by atoms with Crippen molar-refractivity contribution in [3.05, 3.63) is 64.7 Å². The number of hydrogen-bond acceptors (Lipinski definition) is 7. The molecule has 0 saturated heterocycles. The van der Waals surface area contributed by atoms with Crippen molar-refractivity contribution in [3.63, 3.8) is 0 Å². The van der Waals surface area contributed by atoms with Crippen LogP contribution >= 0.6 is 11.8 Å². The average molecular weight is 457 g/mol. The molecule has 0 aromatic heterocycles. The number of carboxylic acid groups (broad SMARTS) is 1. The van der Waals surface area contributed by atoms with Gasteiger partial charge in [-0.2, -0.15) is 5.10 Å². The van der Waals surface area contributed by atoms with Gasteiger partial charge in [0.2, 0.25) is 17.0 Å². The van der Waals surface area contributed by atoms with Crippen molar-refractivity contribution in [2.45, 2.75) is 25.3 Å². The monoisotopic (exact) mass is 456 g/mol. The molecule has 0 radical (unpaired) electrons. The Bertz CT molecular complexity index is 1070. The zero-order chi connectivity index (χ0) is 23.3. The lowest BCUT2D eigenvalue weighted by atomic mass is 10.0. The summed E-state index contributed by atoms with van der Waals surface area (Å²) in [7, 11) is 0. The molecule has 0 aliphatic heterocycles. The van der Waals surface area contributed by atoms with Gasteiger partial charge in [0.1, 0.15) is 0 Å². The van der Waals surface area contributed by atoms with Gasteiger partial charge in [0.05, 0.1) is 17.0 Å². The van der Waals surface area contributed by atoms with E-state index in [4.69, 9.17) is 17.4 Å². The number of nitrogens with two attached hydrogens (primary N) is 3. The Morgan fingerprint density at radius 2 is 1.91 bits per heavy atom. The Kier molecular flexibility index (Phi) is 7.33. The zero-order valence-electron chi connectivity index (χ0n) is 17.2. The molecule has 32 heavy (non-hydrogen) atoms. The van der Waals surface area contributed by atoms with Crippen LogP contribution in [0, 0.1) is 0 Å². The zero-order valence-corrected chi connectivity index (χ0v) is 18.0. The van der Waals surface area contributed by atoms with Gasteiger partial charge in [0, 0.05) is 12.1 Å². The highest BCUT2D eigenvalue weighted by atomic mass is 32.2. The molecule has 2 aromatic carbocycles. The number of amidine groups is 1. The van der Waals surface area contributed by atoms with E-state index in [0.717, 1.165) is 35.7 Å². The third kappa shape index (κ3) is 5.77. The lowest BCUT2D eigenvalue weighted by Gasteiger charge is -2.22. The van der Waals surface area contributed by atoms with E-state index in [1.54, 1.807) is 36.4 Å². The standard InChI is InChI=1S/C21H24N6O4S/c22-19(29)14-3-1-2-12(8-14)10-25-18(28)11-32-21(26-23)27(24)17-7-6-15(20(30)31)9-16(17)13-4-5-13/h1-3,6-9,13H,4-5,10-11,23-24H2,(H2,22,29)(H,25,28)(H,30,31)/b26-21+. The van der Waals surface area contributed by atoms with Crippen LogP contribution in [-0.2, 0) is 11.3 Å². The molecule has 168 valence electrons. The third-order valence-electron chi connectivity index (χ3n) is 4.90. The maximum atomic E-state index is 12.3. The summed E-state index contributed by atoms with van der Waals surface area (Å²) < 4.78 is 0. The maximum Gasteiger partial charge on any atom is 0.335 e. The number of nitrogens with one attached hydrogen (secondary N) is 1. The molecule has 10 nitrogen and oxygen atoms in total. The number of amides is 2. The molecular formula is C21H24N6O4S. The van der Waals surface area contributed by atoms with Crippen molar-refractivity contribution < 1.29 is 19.5 Å². The Balaban J connectivity index is 1.61. The number of hydrazone groups is 1. The predicted molar refractivity (Wildman–Crippen MR) is 123 cm³/mol. The molecule has 2 aromatic rings. The number of thioether (sulfide) groups is 1.